The fourth-order valence-electron chi connectivity index (χ4n) is 3.18. The zero-order valence-electron chi connectivity index (χ0n) is 20.1. The SMILES string of the molecule is C/C(CC(=O)Nc1ccc(OCc2ccccc2)cc1)=N/NC(=O)c1ccc(C(C)(C)C)cc1. The number of anilines is 1. The monoisotopic (exact) mass is 457 g/mol. The highest BCUT2D eigenvalue weighted by Crippen LogP contribution is 2.22. The Labute approximate surface area is 201 Å². The van der Waals surface area contributed by atoms with E-state index in [1.807, 2.05) is 54.6 Å². The van der Waals surface area contributed by atoms with Gasteiger partial charge in [0.2, 0.25) is 5.91 Å². The van der Waals surface area contributed by atoms with E-state index < -0.39 is 0 Å². The molecule has 0 unspecified atom stereocenters. The number of rotatable bonds is 8. The van der Waals surface area contributed by atoms with Gasteiger partial charge in [-0.3, -0.25) is 9.59 Å². The van der Waals surface area contributed by atoms with E-state index in [-0.39, 0.29) is 23.7 Å². The van der Waals surface area contributed by atoms with E-state index in [9.17, 15) is 9.59 Å². The van der Waals surface area contributed by atoms with Gasteiger partial charge in [-0.2, -0.15) is 5.10 Å². The molecule has 0 atom stereocenters. The molecule has 6 heteroatoms. The molecular formula is C28H31N3O3. The molecule has 0 radical (unpaired) electrons. The highest BCUT2D eigenvalue weighted by molar-refractivity contribution is 6.06. The van der Waals surface area contributed by atoms with E-state index >= 15 is 0 Å². The molecule has 0 bridgehead atoms. The van der Waals surface area contributed by atoms with Crippen LogP contribution < -0.4 is 15.5 Å². The van der Waals surface area contributed by atoms with Gasteiger partial charge in [0.1, 0.15) is 12.4 Å². The molecule has 3 rings (SSSR count). The van der Waals surface area contributed by atoms with Crippen LogP contribution in [0, 0.1) is 0 Å². The maximum atomic E-state index is 12.3. The predicted octanol–water partition coefficient (Wildman–Crippen LogP) is 5.70. The summed E-state index contributed by atoms with van der Waals surface area (Å²) in [5, 5.41) is 6.88. The molecule has 176 valence electrons. The number of amides is 2. The molecule has 0 saturated heterocycles. The largest absolute Gasteiger partial charge is 0.489 e. The average molecular weight is 458 g/mol. The number of hydrogen-bond donors (Lipinski definition) is 2. The van der Waals surface area contributed by atoms with Gasteiger partial charge in [0.15, 0.2) is 0 Å². The number of ether oxygens (including phenoxy) is 1. The number of hydrazone groups is 1. The Morgan fingerprint density at radius 2 is 1.53 bits per heavy atom. The Hall–Kier alpha value is -3.93. The van der Waals surface area contributed by atoms with Gasteiger partial charge in [-0.25, -0.2) is 5.43 Å². The smallest absolute Gasteiger partial charge is 0.271 e. The minimum Gasteiger partial charge on any atom is -0.489 e. The van der Waals surface area contributed by atoms with E-state index in [1.54, 1.807) is 31.2 Å². The van der Waals surface area contributed by atoms with Crippen molar-refractivity contribution in [3.05, 3.63) is 95.6 Å². The van der Waals surface area contributed by atoms with Crippen LogP contribution in [0.15, 0.2) is 84.0 Å². The summed E-state index contributed by atoms with van der Waals surface area (Å²) in [5.41, 5.74) is 6.45. The number of carbonyl (C=O) groups is 2. The summed E-state index contributed by atoms with van der Waals surface area (Å²) in [6.07, 6.45) is 0.0650. The van der Waals surface area contributed by atoms with Crippen LogP contribution in [0.4, 0.5) is 5.69 Å². The van der Waals surface area contributed by atoms with Crippen LogP contribution in [0.5, 0.6) is 5.75 Å². The summed E-state index contributed by atoms with van der Waals surface area (Å²) in [4.78, 5) is 24.7. The van der Waals surface area contributed by atoms with Crippen LogP contribution in [0.3, 0.4) is 0 Å². The lowest BCUT2D eigenvalue weighted by Crippen LogP contribution is -2.21. The lowest BCUT2D eigenvalue weighted by Gasteiger charge is -2.18. The average Bonchev–Trinajstić information content (AvgIpc) is 2.82. The molecule has 0 spiro atoms. The third-order valence-corrected chi connectivity index (χ3v) is 5.16. The lowest BCUT2D eigenvalue weighted by atomic mass is 9.87. The molecule has 34 heavy (non-hydrogen) atoms. The van der Waals surface area contributed by atoms with Crippen molar-refractivity contribution in [2.75, 3.05) is 5.32 Å². The molecule has 0 aliphatic heterocycles. The third-order valence-electron chi connectivity index (χ3n) is 5.16. The van der Waals surface area contributed by atoms with Gasteiger partial charge in [-0.1, -0.05) is 63.2 Å². The fourth-order valence-corrected chi connectivity index (χ4v) is 3.18. The van der Waals surface area contributed by atoms with Gasteiger partial charge < -0.3 is 10.1 Å². The third kappa shape index (κ3) is 7.59. The molecule has 3 aromatic rings. The number of benzene rings is 3. The van der Waals surface area contributed by atoms with E-state index in [0.717, 1.165) is 16.9 Å². The van der Waals surface area contributed by atoms with Crippen LogP contribution >= 0.6 is 0 Å². The molecule has 2 N–H and O–H groups in total. The van der Waals surface area contributed by atoms with E-state index in [0.29, 0.717) is 23.6 Å². The second kappa shape index (κ2) is 11.3. The first-order valence-corrected chi connectivity index (χ1v) is 11.2. The summed E-state index contributed by atoms with van der Waals surface area (Å²) < 4.78 is 5.76. The van der Waals surface area contributed by atoms with E-state index in [1.165, 1.54) is 0 Å². The van der Waals surface area contributed by atoms with Crippen LogP contribution in [0.25, 0.3) is 0 Å². The van der Waals surface area contributed by atoms with Crippen molar-refractivity contribution in [2.24, 2.45) is 5.10 Å². The molecule has 0 heterocycles. The molecule has 0 aromatic heterocycles. The first-order chi connectivity index (χ1) is 16.2. The molecular weight excluding hydrogens is 426 g/mol. The molecule has 0 saturated carbocycles. The lowest BCUT2D eigenvalue weighted by molar-refractivity contribution is -0.115. The van der Waals surface area contributed by atoms with Crippen molar-refractivity contribution in [3.63, 3.8) is 0 Å². The number of nitrogens with zero attached hydrogens (tertiary/aromatic N) is 1. The standard InChI is InChI=1S/C28H31N3O3/c1-20(30-31-27(33)22-10-12-23(13-11-22)28(2,3)4)18-26(32)29-24-14-16-25(17-15-24)34-19-21-8-6-5-7-9-21/h5-17H,18-19H2,1-4H3,(H,29,32)(H,31,33)/b30-20-. The van der Waals surface area contributed by atoms with Gasteiger partial charge in [-0.05, 0) is 59.9 Å². The first-order valence-electron chi connectivity index (χ1n) is 11.2. The Kier molecular flexibility index (Phi) is 8.19. The van der Waals surface area contributed by atoms with Gasteiger partial charge in [0, 0.05) is 17.0 Å². The van der Waals surface area contributed by atoms with Crippen molar-refractivity contribution >= 4 is 23.2 Å². The van der Waals surface area contributed by atoms with Gasteiger partial charge in [-0.15, -0.1) is 0 Å². The normalized spacial score (nSPS) is 11.6. The molecule has 2 amide bonds. The Balaban J connectivity index is 1.46. The zero-order valence-corrected chi connectivity index (χ0v) is 20.1. The second-order valence-electron chi connectivity index (χ2n) is 9.14. The topological polar surface area (TPSA) is 79.8 Å². The Bertz CT molecular complexity index is 1130. The van der Waals surface area contributed by atoms with Gasteiger partial charge in [0.25, 0.3) is 5.91 Å². The Morgan fingerprint density at radius 3 is 2.15 bits per heavy atom. The van der Waals surface area contributed by atoms with Crippen LogP contribution in [0.2, 0.25) is 0 Å². The first kappa shape index (κ1) is 24.7. The van der Waals surface area contributed by atoms with E-state index in [2.05, 4.69) is 36.6 Å². The highest BCUT2D eigenvalue weighted by Gasteiger charge is 2.14. The zero-order chi connectivity index (χ0) is 24.6. The van der Waals surface area contributed by atoms with Gasteiger partial charge >= 0.3 is 0 Å². The second-order valence-corrected chi connectivity index (χ2v) is 9.14. The number of carbonyl (C=O) groups excluding carboxylic acids is 2. The summed E-state index contributed by atoms with van der Waals surface area (Å²) in [6.45, 7) is 8.54. The molecule has 3 aromatic carbocycles. The molecule has 6 nitrogen and oxygen atoms in total. The quantitative estimate of drug-likeness (QED) is 0.336. The van der Waals surface area contributed by atoms with Crippen LogP contribution in [0.1, 0.15) is 55.6 Å². The summed E-state index contributed by atoms with van der Waals surface area (Å²) in [6, 6.07) is 24.5. The minimum atomic E-state index is -0.314. The number of hydrogen-bond acceptors (Lipinski definition) is 4. The molecule has 0 aliphatic rings. The Morgan fingerprint density at radius 1 is 0.882 bits per heavy atom. The highest BCUT2D eigenvalue weighted by atomic mass is 16.5. The van der Waals surface area contributed by atoms with Crippen molar-refractivity contribution in [2.45, 2.75) is 46.1 Å². The van der Waals surface area contributed by atoms with Crippen molar-refractivity contribution in [1.29, 1.82) is 0 Å². The minimum absolute atomic E-state index is 0.0205. The maximum Gasteiger partial charge on any atom is 0.271 e. The van der Waals surface area contributed by atoms with Crippen LogP contribution in [-0.4, -0.2) is 17.5 Å². The number of nitrogens with one attached hydrogen (secondary N) is 2. The van der Waals surface area contributed by atoms with Crippen molar-refractivity contribution < 1.29 is 14.3 Å². The van der Waals surface area contributed by atoms with Gasteiger partial charge in [0.05, 0.1) is 6.42 Å². The van der Waals surface area contributed by atoms with E-state index in [4.69, 9.17) is 4.74 Å². The molecule has 0 aliphatic carbocycles. The van der Waals surface area contributed by atoms with Crippen molar-refractivity contribution in [1.82, 2.24) is 5.43 Å². The predicted molar refractivity (Wildman–Crippen MR) is 136 cm³/mol. The summed E-state index contributed by atoms with van der Waals surface area (Å²) >= 11 is 0. The molecule has 0 fully saturated rings. The van der Waals surface area contributed by atoms with Crippen molar-refractivity contribution in [3.8, 4) is 5.75 Å². The fraction of sp³-hybridized carbons (Fsp3) is 0.250. The summed E-state index contributed by atoms with van der Waals surface area (Å²) in [7, 11) is 0. The maximum absolute atomic E-state index is 12.3. The summed E-state index contributed by atoms with van der Waals surface area (Å²) in [5.74, 6) is 0.187. The van der Waals surface area contributed by atoms with Crippen LogP contribution in [-0.2, 0) is 16.8 Å².